The van der Waals surface area contributed by atoms with Crippen molar-refractivity contribution in [3.63, 3.8) is 0 Å². The summed E-state index contributed by atoms with van der Waals surface area (Å²) in [5.41, 5.74) is 2.13. The predicted octanol–water partition coefficient (Wildman–Crippen LogP) is 3.79. The van der Waals surface area contributed by atoms with Crippen molar-refractivity contribution in [1.82, 2.24) is 5.32 Å². The number of benzene rings is 2. The maximum absolute atomic E-state index is 9.29. The quantitative estimate of drug-likeness (QED) is 0.723. The number of aliphatic hydroxyl groups is 1. The molecule has 2 aromatic carbocycles. The summed E-state index contributed by atoms with van der Waals surface area (Å²) >= 11 is 5.89. The van der Waals surface area contributed by atoms with Gasteiger partial charge in [0.1, 0.15) is 6.61 Å². The number of aliphatic hydroxyl groups excluding tert-OH is 1. The number of rotatable bonds is 9. The van der Waals surface area contributed by atoms with Crippen molar-refractivity contribution >= 4 is 11.6 Å². The first-order chi connectivity index (χ1) is 11.6. The number of hydrogen-bond donors (Lipinski definition) is 2. The third-order valence-corrected chi connectivity index (χ3v) is 3.64. The lowest BCUT2D eigenvalue weighted by atomic mass is 10.2. The molecule has 4 nitrogen and oxygen atoms in total. The van der Waals surface area contributed by atoms with E-state index in [0.717, 1.165) is 16.9 Å². The van der Waals surface area contributed by atoms with Crippen molar-refractivity contribution < 1.29 is 14.6 Å². The summed E-state index contributed by atoms with van der Waals surface area (Å²) in [5, 5.41) is 13.2. The van der Waals surface area contributed by atoms with Gasteiger partial charge in [-0.05, 0) is 49.2 Å². The molecule has 0 fully saturated rings. The zero-order valence-electron chi connectivity index (χ0n) is 14.1. The highest BCUT2D eigenvalue weighted by Crippen LogP contribution is 2.29. The van der Waals surface area contributed by atoms with Crippen LogP contribution in [0.3, 0.4) is 0 Å². The highest BCUT2D eigenvalue weighted by molar-refractivity contribution is 6.30. The average Bonchev–Trinajstić information content (AvgIpc) is 2.55. The van der Waals surface area contributed by atoms with Crippen LogP contribution in [-0.2, 0) is 13.2 Å². The first-order valence-electron chi connectivity index (χ1n) is 8.10. The summed E-state index contributed by atoms with van der Waals surface area (Å²) in [4.78, 5) is 0. The van der Waals surface area contributed by atoms with Gasteiger partial charge in [0.25, 0.3) is 0 Å². The van der Waals surface area contributed by atoms with Crippen LogP contribution in [0.2, 0.25) is 5.02 Å². The highest BCUT2D eigenvalue weighted by Gasteiger charge is 2.07. The van der Waals surface area contributed by atoms with E-state index in [2.05, 4.69) is 5.32 Å². The highest BCUT2D eigenvalue weighted by atomic mass is 35.5. The average molecular weight is 350 g/mol. The molecule has 0 aliphatic heterocycles. The Kier molecular flexibility index (Phi) is 7.37. The number of ether oxygens (including phenoxy) is 2. The summed E-state index contributed by atoms with van der Waals surface area (Å²) in [7, 11) is 0. The zero-order chi connectivity index (χ0) is 17.4. The molecular formula is C19H24ClNO3. The van der Waals surface area contributed by atoms with Crippen LogP contribution in [0, 0.1) is 0 Å². The Labute approximate surface area is 148 Å². The minimum absolute atomic E-state index is 0.363. The molecule has 2 rings (SSSR count). The second kappa shape index (κ2) is 9.52. The molecule has 0 saturated heterocycles. The standard InChI is InChI=1S/C19H24ClNO3/c1-3-23-19-10-16(12-21-11-14(2)22)6-9-18(19)24-13-15-4-7-17(20)8-5-15/h4-10,14,21-22H,3,11-13H2,1-2H3/t14-/m0/s1. The zero-order valence-corrected chi connectivity index (χ0v) is 14.8. The lowest BCUT2D eigenvalue weighted by Gasteiger charge is -2.14. The molecule has 0 radical (unpaired) electrons. The van der Waals surface area contributed by atoms with Crippen LogP contribution in [-0.4, -0.2) is 24.4 Å². The Hall–Kier alpha value is -1.75. The molecule has 24 heavy (non-hydrogen) atoms. The number of hydrogen-bond acceptors (Lipinski definition) is 4. The van der Waals surface area contributed by atoms with Gasteiger partial charge in [-0.3, -0.25) is 0 Å². The van der Waals surface area contributed by atoms with Crippen LogP contribution in [0.4, 0.5) is 0 Å². The second-order valence-electron chi connectivity index (χ2n) is 5.61. The molecular weight excluding hydrogens is 326 g/mol. The van der Waals surface area contributed by atoms with Crippen molar-refractivity contribution in [2.75, 3.05) is 13.2 Å². The topological polar surface area (TPSA) is 50.7 Å². The monoisotopic (exact) mass is 349 g/mol. The lowest BCUT2D eigenvalue weighted by molar-refractivity contribution is 0.191. The van der Waals surface area contributed by atoms with Crippen molar-refractivity contribution in [1.29, 1.82) is 0 Å². The summed E-state index contributed by atoms with van der Waals surface area (Å²) in [6.07, 6.45) is -0.363. The van der Waals surface area contributed by atoms with E-state index >= 15 is 0 Å². The molecule has 0 amide bonds. The molecule has 0 spiro atoms. The van der Waals surface area contributed by atoms with Gasteiger partial charge in [-0.2, -0.15) is 0 Å². The third-order valence-electron chi connectivity index (χ3n) is 3.38. The second-order valence-corrected chi connectivity index (χ2v) is 6.05. The Bertz CT molecular complexity index is 629. The van der Waals surface area contributed by atoms with Crippen LogP contribution >= 0.6 is 11.6 Å². The van der Waals surface area contributed by atoms with E-state index in [-0.39, 0.29) is 6.10 Å². The minimum atomic E-state index is -0.363. The predicted molar refractivity (Wildman–Crippen MR) is 96.8 cm³/mol. The van der Waals surface area contributed by atoms with Gasteiger partial charge in [-0.1, -0.05) is 29.8 Å². The van der Waals surface area contributed by atoms with Crippen molar-refractivity contribution in [3.8, 4) is 11.5 Å². The molecule has 0 aromatic heterocycles. The maximum atomic E-state index is 9.29. The van der Waals surface area contributed by atoms with E-state index in [1.165, 1.54) is 0 Å². The van der Waals surface area contributed by atoms with Gasteiger partial charge in [-0.25, -0.2) is 0 Å². The molecule has 0 aliphatic rings. The van der Waals surface area contributed by atoms with Crippen LogP contribution < -0.4 is 14.8 Å². The maximum Gasteiger partial charge on any atom is 0.161 e. The Morgan fingerprint density at radius 1 is 1.04 bits per heavy atom. The molecule has 0 unspecified atom stereocenters. The van der Waals surface area contributed by atoms with Crippen LogP contribution in [0.1, 0.15) is 25.0 Å². The lowest BCUT2D eigenvalue weighted by Crippen LogP contribution is -2.23. The summed E-state index contributed by atoms with van der Waals surface area (Å²) in [6, 6.07) is 13.5. The van der Waals surface area contributed by atoms with Gasteiger partial charge in [0.15, 0.2) is 11.5 Å². The van der Waals surface area contributed by atoms with Crippen molar-refractivity contribution in [3.05, 3.63) is 58.6 Å². The Balaban J connectivity index is 2.01. The van der Waals surface area contributed by atoms with Crippen LogP contribution in [0.5, 0.6) is 11.5 Å². The first-order valence-corrected chi connectivity index (χ1v) is 8.48. The molecule has 130 valence electrons. The molecule has 0 bridgehead atoms. The smallest absolute Gasteiger partial charge is 0.161 e. The van der Waals surface area contributed by atoms with E-state index in [0.29, 0.717) is 37.1 Å². The first kappa shape index (κ1) is 18.6. The fraction of sp³-hybridized carbons (Fsp3) is 0.368. The number of halogens is 1. The van der Waals surface area contributed by atoms with Gasteiger partial charge in [0.05, 0.1) is 12.7 Å². The van der Waals surface area contributed by atoms with Crippen molar-refractivity contribution in [2.45, 2.75) is 33.1 Å². The SMILES string of the molecule is CCOc1cc(CNC[C@H](C)O)ccc1OCc1ccc(Cl)cc1. The normalized spacial score (nSPS) is 12.0. The molecule has 2 N–H and O–H groups in total. The molecule has 0 aliphatic carbocycles. The van der Waals surface area contributed by atoms with E-state index in [4.69, 9.17) is 21.1 Å². The molecule has 2 aromatic rings. The van der Waals surface area contributed by atoms with E-state index in [1.54, 1.807) is 6.92 Å². The van der Waals surface area contributed by atoms with Crippen molar-refractivity contribution in [2.24, 2.45) is 0 Å². The Morgan fingerprint density at radius 3 is 2.42 bits per heavy atom. The number of nitrogens with one attached hydrogen (secondary N) is 1. The van der Waals surface area contributed by atoms with Gasteiger partial charge in [-0.15, -0.1) is 0 Å². The summed E-state index contributed by atoms with van der Waals surface area (Å²) in [6.45, 7) is 5.95. The molecule has 0 heterocycles. The minimum Gasteiger partial charge on any atom is -0.490 e. The van der Waals surface area contributed by atoms with Crippen LogP contribution in [0.25, 0.3) is 0 Å². The largest absolute Gasteiger partial charge is 0.490 e. The van der Waals surface area contributed by atoms with Gasteiger partial charge in [0, 0.05) is 18.1 Å². The van der Waals surface area contributed by atoms with E-state index in [9.17, 15) is 5.11 Å². The molecule has 0 saturated carbocycles. The molecule has 5 heteroatoms. The van der Waals surface area contributed by atoms with Gasteiger partial charge >= 0.3 is 0 Å². The van der Waals surface area contributed by atoms with E-state index < -0.39 is 0 Å². The Morgan fingerprint density at radius 2 is 1.75 bits per heavy atom. The van der Waals surface area contributed by atoms with Gasteiger partial charge in [0.2, 0.25) is 0 Å². The third kappa shape index (κ3) is 6.04. The fourth-order valence-electron chi connectivity index (χ4n) is 2.22. The van der Waals surface area contributed by atoms with Gasteiger partial charge < -0.3 is 19.9 Å². The van der Waals surface area contributed by atoms with Crippen LogP contribution in [0.15, 0.2) is 42.5 Å². The summed E-state index contributed by atoms with van der Waals surface area (Å²) < 4.78 is 11.6. The fourth-order valence-corrected chi connectivity index (χ4v) is 2.34. The van der Waals surface area contributed by atoms with E-state index in [1.807, 2.05) is 49.4 Å². The summed E-state index contributed by atoms with van der Waals surface area (Å²) in [5.74, 6) is 1.44. The molecule has 1 atom stereocenters.